The third kappa shape index (κ3) is 2.66. The molecule has 0 unspecified atom stereocenters. The van der Waals surface area contributed by atoms with E-state index in [0.29, 0.717) is 11.7 Å². The lowest BCUT2D eigenvalue weighted by Gasteiger charge is -2.22. The Hall–Kier alpha value is -2.03. The van der Waals surface area contributed by atoms with Crippen LogP contribution in [0.25, 0.3) is 16.7 Å². The Kier molecular flexibility index (Phi) is 4.17. The molecule has 3 heterocycles. The van der Waals surface area contributed by atoms with Crippen molar-refractivity contribution in [3.63, 3.8) is 0 Å². The lowest BCUT2D eigenvalue weighted by atomic mass is 10.1. The minimum Gasteiger partial charge on any atom is -0.377 e. The van der Waals surface area contributed by atoms with E-state index in [1.165, 1.54) is 12.8 Å². The fourth-order valence-electron chi connectivity index (χ4n) is 3.28. The smallest absolute Gasteiger partial charge is 0.157 e. The van der Waals surface area contributed by atoms with Gasteiger partial charge < -0.3 is 4.74 Å². The number of benzene rings is 1. The summed E-state index contributed by atoms with van der Waals surface area (Å²) in [4.78, 5) is 4.70. The Morgan fingerprint density at radius 3 is 3.04 bits per heavy atom. The van der Waals surface area contributed by atoms with Crippen LogP contribution in [0.15, 0.2) is 35.4 Å². The molecule has 122 valence electrons. The highest BCUT2D eigenvalue weighted by Gasteiger charge is 2.18. The highest BCUT2D eigenvalue weighted by molar-refractivity contribution is 7.99. The number of pyridine rings is 1. The molecule has 1 saturated heterocycles. The summed E-state index contributed by atoms with van der Waals surface area (Å²) in [6.07, 6.45) is 3.88. The summed E-state index contributed by atoms with van der Waals surface area (Å²) >= 11 is 1.80. The molecule has 0 aliphatic carbocycles. The van der Waals surface area contributed by atoms with E-state index in [2.05, 4.69) is 22.6 Å². The second-order valence-electron chi connectivity index (χ2n) is 6.21. The average Bonchev–Trinajstić information content (AvgIpc) is 3.00. The molecule has 5 heteroatoms. The van der Waals surface area contributed by atoms with Crippen LogP contribution < -0.4 is 0 Å². The van der Waals surface area contributed by atoms with E-state index >= 15 is 0 Å². The maximum absolute atomic E-state index is 9.54. The largest absolute Gasteiger partial charge is 0.377 e. The third-order valence-corrected chi connectivity index (χ3v) is 5.68. The minimum atomic E-state index is 0.324. The molecule has 4 rings (SSSR count). The lowest BCUT2D eigenvalue weighted by Crippen LogP contribution is -2.21. The SMILES string of the molecule is Cc1cc(SC[C@@H]2CCCCO2)n2c(nc3ccccc32)c1C#N. The van der Waals surface area contributed by atoms with Crippen LogP contribution in [0.1, 0.15) is 30.4 Å². The number of ether oxygens (including phenoxy) is 1. The van der Waals surface area contributed by atoms with E-state index in [4.69, 9.17) is 9.72 Å². The van der Waals surface area contributed by atoms with Crippen LogP contribution in [0.2, 0.25) is 0 Å². The number of rotatable bonds is 3. The molecule has 1 aliphatic heterocycles. The van der Waals surface area contributed by atoms with Crippen molar-refractivity contribution in [1.82, 2.24) is 9.38 Å². The maximum Gasteiger partial charge on any atom is 0.157 e. The molecule has 2 aromatic heterocycles. The van der Waals surface area contributed by atoms with Gasteiger partial charge in [0, 0.05) is 12.4 Å². The number of para-hydroxylation sites is 2. The van der Waals surface area contributed by atoms with E-state index < -0.39 is 0 Å². The van der Waals surface area contributed by atoms with Crippen molar-refractivity contribution < 1.29 is 4.74 Å². The number of aryl methyl sites for hydroxylation is 1. The zero-order valence-corrected chi connectivity index (χ0v) is 14.5. The van der Waals surface area contributed by atoms with Crippen molar-refractivity contribution in [1.29, 1.82) is 5.26 Å². The highest BCUT2D eigenvalue weighted by atomic mass is 32.2. The second-order valence-corrected chi connectivity index (χ2v) is 7.25. The van der Waals surface area contributed by atoms with Gasteiger partial charge in [-0.05, 0) is 49.9 Å². The van der Waals surface area contributed by atoms with Crippen LogP contribution in [-0.4, -0.2) is 27.8 Å². The van der Waals surface area contributed by atoms with Crippen molar-refractivity contribution in [2.75, 3.05) is 12.4 Å². The molecule has 1 aliphatic rings. The summed E-state index contributed by atoms with van der Waals surface area (Å²) in [5.74, 6) is 0.937. The minimum absolute atomic E-state index is 0.324. The third-order valence-electron chi connectivity index (χ3n) is 4.54. The molecule has 0 spiro atoms. The summed E-state index contributed by atoms with van der Waals surface area (Å²) in [5, 5.41) is 10.7. The van der Waals surface area contributed by atoms with Gasteiger partial charge in [-0.2, -0.15) is 5.26 Å². The summed E-state index contributed by atoms with van der Waals surface area (Å²) in [6.45, 7) is 2.86. The average molecular weight is 337 g/mol. The van der Waals surface area contributed by atoms with Crippen molar-refractivity contribution in [2.45, 2.75) is 37.3 Å². The topological polar surface area (TPSA) is 50.3 Å². The number of thioether (sulfide) groups is 1. The number of imidazole rings is 1. The van der Waals surface area contributed by atoms with E-state index in [-0.39, 0.29) is 0 Å². The first kappa shape index (κ1) is 15.5. The van der Waals surface area contributed by atoms with Gasteiger partial charge in [0.1, 0.15) is 6.07 Å². The molecule has 1 atom stereocenters. The molecule has 24 heavy (non-hydrogen) atoms. The van der Waals surface area contributed by atoms with Gasteiger partial charge in [-0.1, -0.05) is 12.1 Å². The Bertz CT molecular complexity index is 935. The maximum atomic E-state index is 9.54. The van der Waals surface area contributed by atoms with Crippen LogP contribution in [0.5, 0.6) is 0 Å². The molecule has 0 N–H and O–H groups in total. The zero-order valence-electron chi connectivity index (χ0n) is 13.7. The van der Waals surface area contributed by atoms with E-state index in [9.17, 15) is 5.26 Å². The number of nitriles is 1. The van der Waals surface area contributed by atoms with Crippen LogP contribution in [0.4, 0.5) is 0 Å². The molecule has 3 aromatic rings. The zero-order chi connectivity index (χ0) is 16.5. The van der Waals surface area contributed by atoms with Crippen LogP contribution in [-0.2, 0) is 4.74 Å². The summed E-state index contributed by atoms with van der Waals surface area (Å²) in [5.41, 5.74) is 4.37. The second kappa shape index (κ2) is 6.46. The first-order valence-electron chi connectivity index (χ1n) is 8.33. The van der Waals surface area contributed by atoms with Gasteiger partial charge >= 0.3 is 0 Å². The molecule has 0 radical (unpaired) electrons. The molecular weight excluding hydrogens is 318 g/mol. The molecule has 4 nitrogen and oxygen atoms in total. The number of hydrogen-bond acceptors (Lipinski definition) is 4. The van der Waals surface area contributed by atoms with Crippen LogP contribution in [0.3, 0.4) is 0 Å². The predicted molar refractivity (Wildman–Crippen MR) is 96.5 cm³/mol. The Morgan fingerprint density at radius 1 is 1.38 bits per heavy atom. The van der Waals surface area contributed by atoms with Gasteiger partial charge in [-0.15, -0.1) is 11.8 Å². The van der Waals surface area contributed by atoms with Crippen LogP contribution in [0, 0.1) is 18.3 Å². The summed E-state index contributed by atoms with van der Waals surface area (Å²) in [6, 6.07) is 12.5. The molecule has 0 saturated carbocycles. The van der Waals surface area contributed by atoms with Gasteiger partial charge in [0.05, 0.1) is 27.7 Å². The van der Waals surface area contributed by atoms with Crippen molar-refractivity contribution in [2.24, 2.45) is 0 Å². The molecular formula is C19H19N3OS. The van der Waals surface area contributed by atoms with Gasteiger partial charge in [0.15, 0.2) is 5.65 Å². The Balaban J connectivity index is 1.80. The highest BCUT2D eigenvalue weighted by Crippen LogP contribution is 2.30. The Labute approximate surface area is 145 Å². The molecule has 1 fully saturated rings. The van der Waals surface area contributed by atoms with Gasteiger partial charge in [0.25, 0.3) is 0 Å². The van der Waals surface area contributed by atoms with Gasteiger partial charge in [-0.3, -0.25) is 4.40 Å². The molecule has 0 bridgehead atoms. The van der Waals surface area contributed by atoms with E-state index in [1.807, 2.05) is 25.1 Å². The van der Waals surface area contributed by atoms with Crippen molar-refractivity contribution in [3.05, 3.63) is 41.5 Å². The Morgan fingerprint density at radius 2 is 2.25 bits per heavy atom. The van der Waals surface area contributed by atoms with Crippen LogP contribution >= 0.6 is 11.8 Å². The first-order chi connectivity index (χ1) is 11.8. The number of fused-ring (bicyclic) bond motifs is 3. The predicted octanol–water partition coefficient (Wildman–Crippen LogP) is 4.33. The standard InChI is InChI=1S/C19H19N3OS/c1-13-10-18(24-12-14-6-4-5-9-23-14)22-17-8-3-2-7-16(17)21-19(22)15(13)11-20/h2-3,7-8,10,14H,4-6,9,12H2,1H3/t14-/m0/s1. The monoisotopic (exact) mass is 337 g/mol. The lowest BCUT2D eigenvalue weighted by molar-refractivity contribution is 0.0315. The van der Waals surface area contributed by atoms with E-state index in [1.54, 1.807) is 11.8 Å². The van der Waals surface area contributed by atoms with Crippen molar-refractivity contribution in [3.8, 4) is 6.07 Å². The van der Waals surface area contributed by atoms with Gasteiger partial charge in [0.2, 0.25) is 0 Å². The molecule has 1 aromatic carbocycles. The van der Waals surface area contributed by atoms with E-state index in [0.717, 1.165) is 46.1 Å². The van der Waals surface area contributed by atoms with Gasteiger partial charge in [-0.25, -0.2) is 4.98 Å². The first-order valence-corrected chi connectivity index (χ1v) is 9.32. The fraction of sp³-hybridized carbons (Fsp3) is 0.368. The quantitative estimate of drug-likeness (QED) is 0.668. The normalized spacial score (nSPS) is 18.1. The molecule has 0 amide bonds. The summed E-state index contributed by atoms with van der Waals surface area (Å²) < 4.78 is 7.98. The number of hydrogen-bond donors (Lipinski definition) is 0. The fourth-order valence-corrected chi connectivity index (χ4v) is 4.47. The summed E-state index contributed by atoms with van der Waals surface area (Å²) in [7, 11) is 0. The number of aromatic nitrogens is 2. The number of nitrogens with zero attached hydrogens (tertiary/aromatic N) is 3. The van der Waals surface area contributed by atoms with Crippen molar-refractivity contribution >= 4 is 28.4 Å².